The third kappa shape index (κ3) is 2.64. The maximum atomic E-state index is 12.7. The van der Waals surface area contributed by atoms with E-state index in [4.69, 9.17) is 17.4 Å². The molecule has 1 rings (SSSR count). The van der Waals surface area contributed by atoms with Gasteiger partial charge in [0.05, 0.1) is 6.54 Å². The number of hydrazine groups is 1. The van der Waals surface area contributed by atoms with Gasteiger partial charge in [0, 0.05) is 5.02 Å². The molecule has 5 heteroatoms. The number of nitrogens with zero attached hydrogens (tertiary/aromatic N) is 1. The third-order valence-electron chi connectivity index (χ3n) is 1.34. The van der Waals surface area contributed by atoms with E-state index in [0.717, 1.165) is 4.41 Å². The first-order chi connectivity index (χ1) is 5.59. The van der Waals surface area contributed by atoms with Crippen LogP contribution in [0.5, 0.6) is 0 Å². The first-order valence-electron chi connectivity index (χ1n) is 3.24. The summed E-state index contributed by atoms with van der Waals surface area (Å²) in [6.07, 6.45) is 0. The number of hydrogen-bond donors (Lipinski definition) is 2. The van der Waals surface area contributed by atoms with Crippen molar-refractivity contribution in [2.45, 2.75) is 6.54 Å². The Morgan fingerprint density at radius 3 is 2.83 bits per heavy atom. The van der Waals surface area contributed by atoms with Crippen LogP contribution in [0.15, 0.2) is 18.2 Å². The molecule has 0 heterocycles. The van der Waals surface area contributed by atoms with Crippen molar-refractivity contribution in [3.63, 3.8) is 0 Å². The molecule has 1 aromatic rings. The van der Waals surface area contributed by atoms with Gasteiger partial charge in [0.2, 0.25) is 0 Å². The maximum absolute atomic E-state index is 12.7. The van der Waals surface area contributed by atoms with E-state index in [0.29, 0.717) is 17.1 Å². The Morgan fingerprint density at radius 2 is 2.25 bits per heavy atom. The fraction of sp³-hybridized carbons (Fsp3) is 0.143. The number of benzene rings is 1. The fourth-order valence-electron chi connectivity index (χ4n) is 0.839. The van der Waals surface area contributed by atoms with Gasteiger partial charge in [-0.3, -0.25) is 5.84 Å². The van der Waals surface area contributed by atoms with Gasteiger partial charge in [0.15, 0.2) is 0 Å². The minimum Gasteiger partial charge on any atom is -0.259 e. The molecule has 0 saturated carbocycles. The van der Waals surface area contributed by atoms with Gasteiger partial charge in [-0.15, -0.1) is 0 Å². The molecular weight excluding hydrogens is 199 g/mol. The van der Waals surface area contributed by atoms with Crippen molar-refractivity contribution in [3.05, 3.63) is 34.6 Å². The summed E-state index contributed by atoms with van der Waals surface area (Å²) in [5.41, 5.74) is 0.620. The zero-order valence-electron chi connectivity index (χ0n) is 6.17. The van der Waals surface area contributed by atoms with E-state index in [9.17, 15) is 4.39 Å². The molecule has 0 aliphatic rings. The molecule has 0 aliphatic heterocycles. The van der Waals surface area contributed by atoms with Crippen LogP contribution in [0.2, 0.25) is 5.02 Å². The topological polar surface area (TPSA) is 29.3 Å². The zero-order valence-corrected chi connectivity index (χ0v) is 7.82. The molecule has 0 aromatic heterocycles. The van der Waals surface area contributed by atoms with Gasteiger partial charge in [-0.05, 0) is 23.8 Å². The molecule has 66 valence electrons. The molecule has 0 amide bonds. The van der Waals surface area contributed by atoms with E-state index in [1.807, 2.05) is 0 Å². The summed E-state index contributed by atoms with van der Waals surface area (Å²) in [6, 6.07) is 4.12. The van der Waals surface area contributed by atoms with E-state index in [1.165, 1.54) is 18.2 Å². The molecule has 0 atom stereocenters. The highest BCUT2D eigenvalue weighted by Crippen LogP contribution is 2.18. The van der Waals surface area contributed by atoms with Crippen LogP contribution in [0, 0.1) is 5.82 Å². The van der Waals surface area contributed by atoms with Gasteiger partial charge in [-0.2, -0.15) is 4.41 Å². The lowest BCUT2D eigenvalue weighted by molar-refractivity contribution is 0.498. The smallest absolute Gasteiger partial charge is 0.123 e. The van der Waals surface area contributed by atoms with E-state index in [2.05, 4.69) is 12.8 Å². The zero-order chi connectivity index (χ0) is 9.14. The van der Waals surface area contributed by atoms with Gasteiger partial charge in [-0.25, -0.2) is 4.39 Å². The van der Waals surface area contributed by atoms with Crippen LogP contribution in [-0.4, -0.2) is 4.41 Å². The van der Waals surface area contributed by atoms with Gasteiger partial charge in [0.1, 0.15) is 5.82 Å². The highest BCUT2D eigenvalue weighted by Gasteiger charge is 2.03. The lowest BCUT2D eigenvalue weighted by Crippen LogP contribution is -2.19. The van der Waals surface area contributed by atoms with Crippen LogP contribution >= 0.6 is 24.4 Å². The molecule has 0 spiro atoms. The Bertz CT molecular complexity index is 280. The second-order valence-corrected chi connectivity index (χ2v) is 3.25. The standard InChI is InChI=1S/C7H8ClFN2S/c8-7-2-1-6(9)3-5(7)4-11(10)12/h1-3,12H,4,10H2. The Kier molecular flexibility index (Phi) is 3.34. The normalized spacial score (nSPS) is 10.8. The lowest BCUT2D eigenvalue weighted by Gasteiger charge is -2.09. The van der Waals surface area contributed by atoms with Crippen molar-refractivity contribution in [3.8, 4) is 0 Å². The molecule has 1 aromatic carbocycles. The molecule has 2 N–H and O–H groups in total. The molecule has 0 unspecified atom stereocenters. The van der Waals surface area contributed by atoms with Gasteiger partial charge in [-0.1, -0.05) is 24.4 Å². The van der Waals surface area contributed by atoms with Crippen LogP contribution in [0.4, 0.5) is 4.39 Å². The summed E-state index contributed by atoms with van der Waals surface area (Å²) in [4.78, 5) is 0. The van der Waals surface area contributed by atoms with Gasteiger partial charge >= 0.3 is 0 Å². The number of hydrogen-bond acceptors (Lipinski definition) is 3. The summed E-state index contributed by atoms with van der Waals surface area (Å²) in [6.45, 7) is 0.305. The average molecular weight is 207 g/mol. The quantitative estimate of drug-likeness (QED) is 0.440. The van der Waals surface area contributed by atoms with Crippen LogP contribution < -0.4 is 5.84 Å². The number of nitrogens with two attached hydrogens (primary N) is 1. The maximum Gasteiger partial charge on any atom is 0.123 e. The highest BCUT2D eigenvalue weighted by molar-refractivity contribution is 7.77. The predicted octanol–water partition coefficient (Wildman–Crippen LogP) is 2.00. The summed E-state index contributed by atoms with van der Waals surface area (Å²) < 4.78 is 13.8. The molecule has 0 fully saturated rings. The first kappa shape index (κ1) is 9.80. The molecule has 12 heavy (non-hydrogen) atoms. The minimum atomic E-state index is -0.329. The number of halogens is 2. The second kappa shape index (κ2) is 4.09. The van der Waals surface area contributed by atoms with Crippen LogP contribution in [0.1, 0.15) is 5.56 Å². The largest absolute Gasteiger partial charge is 0.259 e. The Labute approximate surface area is 80.6 Å². The van der Waals surface area contributed by atoms with Crippen molar-refractivity contribution in [2.24, 2.45) is 5.84 Å². The summed E-state index contributed by atoms with van der Waals surface area (Å²) in [5.74, 6) is 4.93. The van der Waals surface area contributed by atoms with Gasteiger partial charge in [0.25, 0.3) is 0 Å². The van der Waals surface area contributed by atoms with Crippen molar-refractivity contribution < 1.29 is 4.39 Å². The molecule has 0 aliphatic carbocycles. The summed E-state index contributed by atoms with van der Waals surface area (Å²) >= 11 is 9.58. The number of thiol groups is 1. The molecule has 0 bridgehead atoms. The van der Waals surface area contributed by atoms with E-state index in [-0.39, 0.29) is 5.82 Å². The first-order valence-corrected chi connectivity index (χ1v) is 4.02. The monoisotopic (exact) mass is 206 g/mol. The Morgan fingerprint density at radius 1 is 1.58 bits per heavy atom. The molecular formula is C7H8ClFN2S. The van der Waals surface area contributed by atoms with Crippen molar-refractivity contribution >= 4 is 24.4 Å². The van der Waals surface area contributed by atoms with E-state index >= 15 is 0 Å². The fourth-order valence-corrected chi connectivity index (χ4v) is 1.17. The van der Waals surface area contributed by atoms with Gasteiger partial charge < -0.3 is 0 Å². The summed E-state index contributed by atoms with van der Waals surface area (Å²) in [7, 11) is 0. The third-order valence-corrected chi connectivity index (χ3v) is 1.85. The highest BCUT2D eigenvalue weighted by atomic mass is 35.5. The summed E-state index contributed by atoms with van der Waals surface area (Å²) in [5, 5.41) is 0.487. The SMILES string of the molecule is NN(S)Cc1cc(F)ccc1Cl. The van der Waals surface area contributed by atoms with Crippen molar-refractivity contribution in [2.75, 3.05) is 0 Å². The van der Waals surface area contributed by atoms with E-state index < -0.39 is 0 Å². The predicted molar refractivity (Wildman–Crippen MR) is 50.1 cm³/mol. The van der Waals surface area contributed by atoms with Crippen LogP contribution in [0.3, 0.4) is 0 Å². The van der Waals surface area contributed by atoms with Crippen molar-refractivity contribution in [1.82, 2.24) is 4.41 Å². The van der Waals surface area contributed by atoms with Crippen LogP contribution in [0.25, 0.3) is 0 Å². The van der Waals surface area contributed by atoms with E-state index in [1.54, 1.807) is 0 Å². The minimum absolute atomic E-state index is 0.305. The van der Waals surface area contributed by atoms with Crippen LogP contribution in [-0.2, 0) is 6.54 Å². The average Bonchev–Trinajstić information content (AvgIpc) is 1.96. The molecule has 0 radical (unpaired) electrons. The Balaban J connectivity index is 2.90. The number of rotatable bonds is 2. The molecule has 2 nitrogen and oxygen atoms in total. The molecule has 0 saturated heterocycles. The van der Waals surface area contributed by atoms with Crippen molar-refractivity contribution in [1.29, 1.82) is 0 Å². The Hall–Kier alpha value is -0.290. The second-order valence-electron chi connectivity index (χ2n) is 2.33. The lowest BCUT2D eigenvalue weighted by atomic mass is 10.2.